The van der Waals surface area contributed by atoms with Crippen molar-refractivity contribution in [3.05, 3.63) is 35.4 Å². The number of carbonyl (C=O) groups is 1. The molecule has 0 bridgehead atoms. The summed E-state index contributed by atoms with van der Waals surface area (Å²) in [6.45, 7) is 6.85. The van der Waals surface area contributed by atoms with Crippen LogP contribution < -0.4 is 0 Å². The Labute approximate surface area is 103 Å². The predicted octanol–water partition coefficient (Wildman–Crippen LogP) is 1.77. The highest BCUT2D eigenvalue weighted by atomic mass is 16.2. The topological polar surface area (TPSA) is 23.6 Å². The van der Waals surface area contributed by atoms with Crippen LogP contribution in [0.5, 0.6) is 0 Å². The summed E-state index contributed by atoms with van der Waals surface area (Å²) in [6, 6.07) is 8.11. The number of nitrogens with zero attached hydrogens (tertiary/aromatic N) is 2. The summed E-state index contributed by atoms with van der Waals surface area (Å²) in [5.41, 5.74) is 1.90. The van der Waals surface area contributed by atoms with Gasteiger partial charge in [0.25, 0.3) is 5.91 Å². The molecule has 0 aliphatic carbocycles. The molecule has 17 heavy (non-hydrogen) atoms. The number of carbonyl (C=O) groups excluding carboxylic acids is 1. The zero-order valence-electron chi connectivity index (χ0n) is 10.8. The highest BCUT2D eigenvalue weighted by molar-refractivity contribution is 5.95. The molecule has 1 aromatic carbocycles. The maximum Gasteiger partial charge on any atom is 0.254 e. The van der Waals surface area contributed by atoms with E-state index < -0.39 is 0 Å². The zero-order valence-corrected chi connectivity index (χ0v) is 10.8. The molecule has 1 aromatic rings. The van der Waals surface area contributed by atoms with Gasteiger partial charge < -0.3 is 9.80 Å². The van der Waals surface area contributed by atoms with E-state index in [1.54, 1.807) is 0 Å². The van der Waals surface area contributed by atoms with E-state index in [1.165, 1.54) is 0 Å². The fourth-order valence-corrected chi connectivity index (χ4v) is 2.41. The van der Waals surface area contributed by atoms with Crippen molar-refractivity contribution in [3.63, 3.8) is 0 Å². The van der Waals surface area contributed by atoms with E-state index in [4.69, 9.17) is 0 Å². The number of hydrogen-bond donors (Lipinski definition) is 0. The lowest BCUT2D eigenvalue weighted by molar-refractivity contribution is 0.0533. The van der Waals surface area contributed by atoms with Crippen LogP contribution in [-0.4, -0.2) is 48.4 Å². The van der Waals surface area contributed by atoms with Gasteiger partial charge in [0, 0.05) is 31.2 Å². The Balaban J connectivity index is 2.18. The quantitative estimate of drug-likeness (QED) is 0.737. The molecular weight excluding hydrogens is 212 g/mol. The first kappa shape index (κ1) is 12.1. The second kappa shape index (κ2) is 4.88. The minimum Gasteiger partial charge on any atom is -0.333 e. The monoisotopic (exact) mass is 232 g/mol. The molecule has 1 heterocycles. The van der Waals surface area contributed by atoms with Gasteiger partial charge in [-0.3, -0.25) is 4.79 Å². The van der Waals surface area contributed by atoms with Crippen molar-refractivity contribution in [2.75, 3.05) is 26.7 Å². The van der Waals surface area contributed by atoms with E-state index in [-0.39, 0.29) is 5.91 Å². The van der Waals surface area contributed by atoms with Crippen molar-refractivity contribution in [2.45, 2.75) is 19.9 Å². The number of aryl methyl sites for hydroxylation is 1. The average Bonchev–Trinajstić information content (AvgIpc) is 2.29. The van der Waals surface area contributed by atoms with E-state index in [2.05, 4.69) is 18.9 Å². The molecule has 1 aliphatic heterocycles. The van der Waals surface area contributed by atoms with Crippen molar-refractivity contribution in [3.8, 4) is 0 Å². The first-order valence-electron chi connectivity index (χ1n) is 6.14. The number of hydrogen-bond acceptors (Lipinski definition) is 2. The molecule has 92 valence electrons. The standard InChI is InChI=1S/C14H20N2O/c1-11-6-4-5-7-13(11)14(17)16-9-8-15(3)10-12(16)2/h4-7,12H,8-10H2,1-3H3. The van der Waals surface area contributed by atoms with Gasteiger partial charge in [0.1, 0.15) is 0 Å². The Bertz CT molecular complexity index is 416. The molecule has 1 fully saturated rings. The van der Waals surface area contributed by atoms with Gasteiger partial charge in [0.2, 0.25) is 0 Å². The van der Waals surface area contributed by atoms with Crippen molar-refractivity contribution < 1.29 is 4.79 Å². The highest BCUT2D eigenvalue weighted by Gasteiger charge is 2.26. The van der Waals surface area contributed by atoms with Gasteiger partial charge in [0.15, 0.2) is 0 Å². The lowest BCUT2D eigenvalue weighted by Gasteiger charge is -2.38. The largest absolute Gasteiger partial charge is 0.333 e. The second-order valence-corrected chi connectivity index (χ2v) is 4.92. The number of amides is 1. The fraction of sp³-hybridized carbons (Fsp3) is 0.500. The molecule has 0 radical (unpaired) electrons. The fourth-order valence-electron chi connectivity index (χ4n) is 2.41. The van der Waals surface area contributed by atoms with Crippen LogP contribution in [0.1, 0.15) is 22.8 Å². The van der Waals surface area contributed by atoms with E-state index >= 15 is 0 Å². The maximum absolute atomic E-state index is 12.4. The van der Waals surface area contributed by atoms with Crippen LogP contribution in [0.15, 0.2) is 24.3 Å². The van der Waals surface area contributed by atoms with E-state index in [0.29, 0.717) is 6.04 Å². The van der Waals surface area contributed by atoms with Crippen molar-refractivity contribution in [1.82, 2.24) is 9.80 Å². The van der Waals surface area contributed by atoms with Crippen LogP contribution in [-0.2, 0) is 0 Å². The normalized spacial score (nSPS) is 21.6. The average molecular weight is 232 g/mol. The van der Waals surface area contributed by atoms with Gasteiger partial charge in [-0.05, 0) is 32.5 Å². The molecule has 3 heteroatoms. The number of piperazine rings is 1. The molecular formula is C14H20N2O. The summed E-state index contributed by atoms with van der Waals surface area (Å²) in [5.74, 6) is 0.170. The Morgan fingerprint density at radius 1 is 1.29 bits per heavy atom. The molecule has 1 saturated heterocycles. The van der Waals surface area contributed by atoms with Crippen LogP contribution in [0.3, 0.4) is 0 Å². The lowest BCUT2D eigenvalue weighted by atomic mass is 10.1. The Morgan fingerprint density at radius 2 is 2.00 bits per heavy atom. The molecule has 3 nitrogen and oxygen atoms in total. The van der Waals surface area contributed by atoms with Crippen LogP contribution in [0.2, 0.25) is 0 Å². The molecule has 1 amide bonds. The van der Waals surface area contributed by atoms with Gasteiger partial charge in [0.05, 0.1) is 0 Å². The summed E-state index contributed by atoms with van der Waals surface area (Å²) >= 11 is 0. The smallest absolute Gasteiger partial charge is 0.254 e. The van der Waals surface area contributed by atoms with Crippen molar-refractivity contribution in [2.24, 2.45) is 0 Å². The van der Waals surface area contributed by atoms with Crippen molar-refractivity contribution in [1.29, 1.82) is 0 Å². The second-order valence-electron chi connectivity index (χ2n) is 4.92. The van der Waals surface area contributed by atoms with Gasteiger partial charge in [-0.25, -0.2) is 0 Å². The van der Waals surface area contributed by atoms with Gasteiger partial charge >= 0.3 is 0 Å². The van der Waals surface area contributed by atoms with Crippen LogP contribution in [0, 0.1) is 6.92 Å². The third-order valence-corrected chi connectivity index (χ3v) is 3.47. The Morgan fingerprint density at radius 3 is 2.65 bits per heavy atom. The number of likely N-dealkylation sites (N-methyl/N-ethyl adjacent to an activating group) is 1. The molecule has 1 atom stereocenters. The molecule has 0 N–H and O–H groups in total. The van der Waals surface area contributed by atoms with Crippen LogP contribution in [0.25, 0.3) is 0 Å². The third kappa shape index (κ3) is 2.50. The minimum atomic E-state index is 0.170. The van der Waals surface area contributed by atoms with Gasteiger partial charge in [-0.1, -0.05) is 18.2 Å². The van der Waals surface area contributed by atoms with Gasteiger partial charge in [-0.15, -0.1) is 0 Å². The van der Waals surface area contributed by atoms with E-state index in [9.17, 15) is 4.79 Å². The minimum absolute atomic E-state index is 0.170. The summed E-state index contributed by atoms with van der Waals surface area (Å²) in [7, 11) is 2.10. The molecule has 1 unspecified atom stereocenters. The summed E-state index contributed by atoms with van der Waals surface area (Å²) in [6.07, 6.45) is 0. The summed E-state index contributed by atoms with van der Waals surface area (Å²) < 4.78 is 0. The van der Waals surface area contributed by atoms with Crippen LogP contribution >= 0.6 is 0 Å². The van der Waals surface area contributed by atoms with Crippen molar-refractivity contribution >= 4 is 5.91 Å². The van der Waals surface area contributed by atoms with E-state index in [1.807, 2.05) is 36.1 Å². The summed E-state index contributed by atoms with van der Waals surface area (Å²) in [5, 5.41) is 0. The molecule has 2 rings (SSSR count). The lowest BCUT2D eigenvalue weighted by Crippen LogP contribution is -2.52. The van der Waals surface area contributed by atoms with E-state index in [0.717, 1.165) is 30.8 Å². The SMILES string of the molecule is Cc1ccccc1C(=O)N1CCN(C)CC1C. The predicted molar refractivity (Wildman–Crippen MR) is 69.2 cm³/mol. The van der Waals surface area contributed by atoms with Crippen LogP contribution in [0.4, 0.5) is 0 Å². The maximum atomic E-state index is 12.4. The van der Waals surface area contributed by atoms with Gasteiger partial charge in [-0.2, -0.15) is 0 Å². The first-order chi connectivity index (χ1) is 8.09. The Hall–Kier alpha value is -1.35. The summed E-state index contributed by atoms with van der Waals surface area (Å²) in [4.78, 5) is 16.7. The zero-order chi connectivity index (χ0) is 12.4. The molecule has 0 saturated carbocycles. The highest BCUT2D eigenvalue weighted by Crippen LogP contribution is 2.15. The Kier molecular flexibility index (Phi) is 3.48. The number of benzene rings is 1. The molecule has 1 aliphatic rings. The first-order valence-corrected chi connectivity index (χ1v) is 6.14. The third-order valence-electron chi connectivity index (χ3n) is 3.47. The molecule has 0 spiro atoms. The molecule has 0 aromatic heterocycles. The number of rotatable bonds is 1.